The van der Waals surface area contributed by atoms with Crippen LogP contribution in [0.25, 0.3) is 11.1 Å². The van der Waals surface area contributed by atoms with Gasteiger partial charge in [-0.1, -0.05) is 18.2 Å². The Morgan fingerprint density at radius 3 is 2.35 bits per heavy atom. The summed E-state index contributed by atoms with van der Waals surface area (Å²) in [5, 5.41) is 10.1. The van der Waals surface area contributed by atoms with Gasteiger partial charge in [-0.3, -0.25) is 9.59 Å². The van der Waals surface area contributed by atoms with Gasteiger partial charge in [-0.2, -0.15) is 0 Å². The van der Waals surface area contributed by atoms with Crippen molar-refractivity contribution in [2.75, 3.05) is 21.3 Å². The zero-order chi connectivity index (χ0) is 24.8. The van der Waals surface area contributed by atoms with E-state index in [1.54, 1.807) is 38.5 Å². The van der Waals surface area contributed by atoms with Crippen LogP contribution < -0.4 is 15.2 Å². The van der Waals surface area contributed by atoms with Gasteiger partial charge in [0, 0.05) is 23.5 Å². The number of nitrogens with two attached hydrogens (primary N) is 1. The topological polar surface area (TPSA) is 113 Å². The van der Waals surface area contributed by atoms with Crippen molar-refractivity contribution < 1.29 is 28.9 Å². The maximum absolute atomic E-state index is 12.5. The lowest BCUT2D eigenvalue weighted by Gasteiger charge is -2.14. The van der Waals surface area contributed by atoms with Crippen LogP contribution in [0, 0.1) is 6.92 Å². The summed E-state index contributed by atoms with van der Waals surface area (Å²) >= 11 is 0. The minimum absolute atomic E-state index is 0.0718. The molecule has 3 rings (SSSR count). The summed E-state index contributed by atoms with van der Waals surface area (Å²) in [7, 11) is 4.51. The predicted octanol–water partition coefficient (Wildman–Crippen LogP) is 3.63. The van der Waals surface area contributed by atoms with Gasteiger partial charge in [-0.05, 0) is 55.2 Å². The third kappa shape index (κ3) is 5.17. The molecule has 0 aliphatic rings. The molecule has 0 spiro atoms. The third-order valence-electron chi connectivity index (χ3n) is 5.88. The van der Waals surface area contributed by atoms with Gasteiger partial charge in [0.2, 0.25) is 0 Å². The Morgan fingerprint density at radius 2 is 1.74 bits per heavy atom. The van der Waals surface area contributed by atoms with Gasteiger partial charge >= 0.3 is 5.97 Å². The van der Waals surface area contributed by atoms with E-state index in [1.165, 1.54) is 7.11 Å². The number of hydrogen-bond donors (Lipinski definition) is 2. The van der Waals surface area contributed by atoms with E-state index in [0.29, 0.717) is 53.3 Å². The molecular formula is C26H30N2O6. The average Bonchev–Trinajstić information content (AvgIpc) is 3.12. The number of rotatable bonds is 10. The molecular weight excluding hydrogens is 436 g/mol. The number of ether oxygens (including phenoxy) is 3. The van der Waals surface area contributed by atoms with E-state index in [1.807, 2.05) is 29.7 Å². The lowest BCUT2D eigenvalue weighted by Crippen LogP contribution is -2.14. The van der Waals surface area contributed by atoms with E-state index in [4.69, 9.17) is 19.9 Å². The van der Waals surface area contributed by atoms with Crippen molar-refractivity contribution in [1.82, 2.24) is 4.57 Å². The Labute approximate surface area is 198 Å². The largest absolute Gasteiger partial charge is 0.508 e. The third-order valence-corrected chi connectivity index (χ3v) is 5.88. The molecule has 0 aliphatic carbocycles. The van der Waals surface area contributed by atoms with Gasteiger partial charge in [-0.25, -0.2) is 0 Å². The molecule has 1 amide bonds. The first-order valence-electron chi connectivity index (χ1n) is 10.9. The molecule has 1 heterocycles. The number of hydrogen-bond acceptors (Lipinski definition) is 6. The Kier molecular flexibility index (Phi) is 7.83. The highest BCUT2D eigenvalue weighted by Gasteiger charge is 2.25. The van der Waals surface area contributed by atoms with Gasteiger partial charge in [0.25, 0.3) is 5.91 Å². The van der Waals surface area contributed by atoms with E-state index < -0.39 is 5.91 Å². The van der Waals surface area contributed by atoms with Crippen molar-refractivity contribution in [1.29, 1.82) is 0 Å². The second-order valence-electron chi connectivity index (χ2n) is 7.86. The number of benzene rings is 2. The Balaban J connectivity index is 2.09. The van der Waals surface area contributed by atoms with Crippen LogP contribution in [0.1, 0.15) is 33.7 Å². The SMILES string of the molecule is COC(=O)CCc1c(-c2cccc(O)c2)c(C(N)=O)c(C)n1CCc1ccc(OC)c(OC)c1. The number of aryl methyl sites for hydroxylation is 1. The van der Waals surface area contributed by atoms with Crippen molar-refractivity contribution in [3.8, 4) is 28.4 Å². The van der Waals surface area contributed by atoms with E-state index in [0.717, 1.165) is 11.3 Å². The minimum atomic E-state index is -0.569. The molecule has 0 radical (unpaired) electrons. The summed E-state index contributed by atoms with van der Waals surface area (Å²) in [4.78, 5) is 24.5. The lowest BCUT2D eigenvalue weighted by atomic mass is 9.97. The fourth-order valence-corrected chi connectivity index (χ4v) is 4.23. The smallest absolute Gasteiger partial charge is 0.305 e. The maximum Gasteiger partial charge on any atom is 0.305 e. The first kappa shape index (κ1) is 24.7. The number of carbonyl (C=O) groups excluding carboxylic acids is 2. The van der Waals surface area contributed by atoms with Crippen LogP contribution in [0.3, 0.4) is 0 Å². The number of aromatic hydroxyl groups is 1. The Hall–Kier alpha value is -3.94. The number of primary amides is 1. The summed E-state index contributed by atoms with van der Waals surface area (Å²) in [6, 6.07) is 12.4. The number of methoxy groups -OCH3 is 3. The standard InChI is InChI=1S/C26H30N2O6/c1-16-24(26(27)31)25(18-6-5-7-19(29)15-18)20(9-11-23(30)34-4)28(16)13-12-17-8-10-21(32-2)22(14-17)33-3/h5-8,10,14-15,29H,9,11-13H2,1-4H3,(H2,27,31). The fraction of sp³-hybridized carbons (Fsp3) is 0.308. The highest BCUT2D eigenvalue weighted by molar-refractivity contribution is 6.02. The molecule has 0 atom stereocenters. The molecule has 8 nitrogen and oxygen atoms in total. The molecule has 0 fully saturated rings. The first-order chi connectivity index (χ1) is 16.3. The molecule has 8 heteroatoms. The molecule has 34 heavy (non-hydrogen) atoms. The van der Waals surface area contributed by atoms with Gasteiger partial charge in [0.05, 0.1) is 33.3 Å². The second-order valence-corrected chi connectivity index (χ2v) is 7.86. The number of esters is 1. The van der Waals surface area contributed by atoms with Crippen LogP contribution >= 0.6 is 0 Å². The molecule has 3 N–H and O–H groups in total. The van der Waals surface area contributed by atoms with E-state index in [2.05, 4.69) is 0 Å². The average molecular weight is 467 g/mol. The van der Waals surface area contributed by atoms with E-state index >= 15 is 0 Å². The zero-order valence-corrected chi connectivity index (χ0v) is 19.9. The molecule has 0 saturated heterocycles. The Bertz CT molecular complexity index is 1200. The molecule has 2 aromatic carbocycles. The quantitative estimate of drug-likeness (QED) is 0.441. The number of amides is 1. The molecule has 180 valence electrons. The minimum Gasteiger partial charge on any atom is -0.508 e. The van der Waals surface area contributed by atoms with E-state index in [-0.39, 0.29) is 18.1 Å². The highest BCUT2D eigenvalue weighted by Crippen LogP contribution is 2.35. The normalized spacial score (nSPS) is 10.7. The maximum atomic E-state index is 12.5. The second kappa shape index (κ2) is 10.8. The summed E-state index contributed by atoms with van der Waals surface area (Å²) in [6.07, 6.45) is 1.12. The molecule has 0 unspecified atom stereocenters. The van der Waals surface area contributed by atoms with Crippen LogP contribution in [0.2, 0.25) is 0 Å². The van der Waals surface area contributed by atoms with Gasteiger partial charge in [0.1, 0.15) is 5.75 Å². The van der Waals surface area contributed by atoms with Crippen molar-refractivity contribution in [3.05, 3.63) is 65.0 Å². The van der Waals surface area contributed by atoms with Crippen LogP contribution in [0.5, 0.6) is 17.2 Å². The monoisotopic (exact) mass is 466 g/mol. The predicted molar refractivity (Wildman–Crippen MR) is 128 cm³/mol. The van der Waals surface area contributed by atoms with Crippen LogP contribution in [0.4, 0.5) is 0 Å². The molecule has 0 aliphatic heterocycles. The lowest BCUT2D eigenvalue weighted by molar-refractivity contribution is -0.140. The molecule has 0 saturated carbocycles. The van der Waals surface area contributed by atoms with Gasteiger partial charge in [0.15, 0.2) is 11.5 Å². The zero-order valence-electron chi connectivity index (χ0n) is 19.9. The van der Waals surface area contributed by atoms with Gasteiger partial charge in [-0.15, -0.1) is 0 Å². The Morgan fingerprint density at radius 1 is 1.00 bits per heavy atom. The number of aromatic nitrogens is 1. The van der Waals surface area contributed by atoms with E-state index in [9.17, 15) is 14.7 Å². The van der Waals surface area contributed by atoms with Crippen molar-refractivity contribution in [3.63, 3.8) is 0 Å². The van der Waals surface area contributed by atoms with Crippen molar-refractivity contribution in [2.45, 2.75) is 32.7 Å². The first-order valence-corrected chi connectivity index (χ1v) is 10.9. The van der Waals surface area contributed by atoms with Crippen LogP contribution in [0.15, 0.2) is 42.5 Å². The summed E-state index contributed by atoms with van der Waals surface area (Å²) in [5.74, 6) is 0.424. The summed E-state index contributed by atoms with van der Waals surface area (Å²) in [5.41, 5.74) is 9.94. The van der Waals surface area contributed by atoms with Gasteiger partial charge < -0.3 is 29.6 Å². The molecule has 3 aromatic rings. The summed E-state index contributed by atoms with van der Waals surface area (Å²) in [6.45, 7) is 2.37. The molecule has 1 aromatic heterocycles. The summed E-state index contributed by atoms with van der Waals surface area (Å²) < 4.78 is 17.6. The number of carbonyl (C=O) groups is 2. The molecule has 0 bridgehead atoms. The van der Waals surface area contributed by atoms with Crippen LogP contribution in [-0.2, 0) is 28.9 Å². The van der Waals surface area contributed by atoms with Crippen molar-refractivity contribution >= 4 is 11.9 Å². The highest BCUT2D eigenvalue weighted by atomic mass is 16.5. The number of phenolic OH excluding ortho intramolecular Hbond substituents is 1. The van der Waals surface area contributed by atoms with Crippen molar-refractivity contribution in [2.24, 2.45) is 5.73 Å². The number of nitrogens with zero attached hydrogens (tertiary/aromatic N) is 1. The number of phenols is 1. The fourth-order valence-electron chi connectivity index (χ4n) is 4.23. The van der Waals surface area contributed by atoms with Crippen LogP contribution in [-0.4, -0.2) is 42.9 Å².